The van der Waals surface area contributed by atoms with Gasteiger partial charge in [-0.3, -0.25) is 14.3 Å². The second kappa shape index (κ2) is 7.16. The summed E-state index contributed by atoms with van der Waals surface area (Å²) in [5.74, 6) is 1.17. The standard InChI is InChI=1S/C13H12N2O3S2/c16-15(17)11-6-7-13(14-10-11)19-8-9-20(18)12-4-2-1-3-5-12/h1-7,10H,8-9H2. The molecular formula is C13H12N2O3S2. The van der Waals surface area contributed by atoms with Crippen LogP contribution in [0.3, 0.4) is 0 Å². The molecule has 0 saturated heterocycles. The largest absolute Gasteiger partial charge is 0.287 e. The summed E-state index contributed by atoms with van der Waals surface area (Å²) in [4.78, 5) is 14.8. The van der Waals surface area contributed by atoms with Crippen molar-refractivity contribution in [2.24, 2.45) is 0 Å². The average molecular weight is 308 g/mol. The van der Waals surface area contributed by atoms with Crippen LogP contribution in [0, 0.1) is 10.1 Å². The minimum atomic E-state index is -1.03. The van der Waals surface area contributed by atoms with Crippen LogP contribution >= 0.6 is 11.8 Å². The van der Waals surface area contributed by atoms with Gasteiger partial charge < -0.3 is 0 Å². The van der Waals surface area contributed by atoms with Gasteiger partial charge in [0.25, 0.3) is 5.69 Å². The van der Waals surface area contributed by atoms with Gasteiger partial charge in [-0.2, -0.15) is 0 Å². The molecule has 0 aliphatic heterocycles. The molecule has 0 aliphatic rings. The molecule has 5 nitrogen and oxygen atoms in total. The number of hydrogen-bond acceptors (Lipinski definition) is 5. The van der Waals surface area contributed by atoms with Crippen LogP contribution in [0.15, 0.2) is 58.6 Å². The Kier molecular flexibility index (Phi) is 5.25. The molecule has 1 heterocycles. The first kappa shape index (κ1) is 14.7. The lowest BCUT2D eigenvalue weighted by Crippen LogP contribution is -2.00. The van der Waals surface area contributed by atoms with E-state index in [-0.39, 0.29) is 5.69 Å². The molecule has 1 aromatic heterocycles. The number of pyridine rings is 1. The normalized spacial score (nSPS) is 12.0. The molecule has 1 unspecified atom stereocenters. The van der Waals surface area contributed by atoms with Gasteiger partial charge in [0.05, 0.1) is 20.7 Å². The summed E-state index contributed by atoms with van der Waals surface area (Å²) in [5.41, 5.74) is -0.0257. The molecule has 1 aromatic carbocycles. The molecule has 7 heteroatoms. The van der Waals surface area contributed by atoms with Gasteiger partial charge in [-0.15, -0.1) is 11.8 Å². The SMILES string of the molecule is O=[N+]([O-])c1ccc(SCCS(=O)c2ccccc2)nc1. The van der Waals surface area contributed by atoms with Crippen molar-refractivity contribution in [3.05, 3.63) is 58.8 Å². The smallest absolute Gasteiger partial charge is 0.258 e. The van der Waals surface area contributed by atoms with E-state index < -0.39 is 15.7 Å². The molecule has 0 saturated carbocycles. The fraction of sp³-hybridized carbons (Fsp3) is 0.154. The maximum atomic E-state index is 12.0. The highest BCUT2D eigenvalue weighted by Gasteiger charge is 2.07. The van der Waals surface area contributed by atoms with E-state index in [4.69, 9.17) is 0 Å². The van der Waals surface area contributed by atoms with E-state index in [2.05, 4.69) is 4.98 Å². The number of aromatic nitrogens is 1. The molecule has 0 fully saturated rings. The van der Waals surface area contributed by atoms with Crippen LogP contribution in [0.1, 0.15) is 0 Å². The molecule has 0 bridgehead atoms. The predicted octanol–water partition coefficient (Wildman–Crippen LogP) is 2.89. The molecule has 0 N–H and O–H groups in total. The summed E-state index contributed by atoms with van der Waals surface area (Å²) in [5, 5.41) is 11.2. The Morgan fingerprint density at radius 2 is 1.95 bits per heavy atom. The Morgan fingerprint density at radius 3 is 2.55 bits per heavy atom. The van der Waals surface area contributed by atoms with Gasteiger partial charge in [0, 0.05) is 22.5 Å². The number of hydrogen-bond donors (Lipinski definition) is 0. The fourth-order valence-electron chi connectivity index (χ4n) is 1.48. The van der Waals surface area contributed by atoms with Crippen molar-refractivity contribution in [1.82, 2.24) is 4.98 Å². The summed E-state index contributed by atoms with van der Waals surface area (Å²) in [6.45, 7) is 0. The van der Waals surface area contributed by atoms with E-state index in [1.54, 1.807) is 6.07 Å². The Labute approximate surface area is 123 Å². The average Bonchev–Trinajstić information content (AvgIpc) is 2.48. The molecule has 0 aliphatic carbocycles. The number of rotatable bonds is 6. The van der Waals surface area contributed by atoms with E-state index >= 15 is 0 Å². The van der Waals surface area contributed by atoms with Crippen molar-refractivity contribution in [1.29, 1.82) is 0 Å². The molecule has 0 spiro atoms. The third-order valence-electron chi connectivity index (χ3n) is 2.46. The van der Waals surface area contributed by atoms with Gasteiger partial charge in [-0.25, -0.2) is 4.98 Å². The van der Waals surface area contributed by atoms with Crippen molar-refractivity contribution >= 4 is 28.2 Å². The number of thioether (sulfide) groups is 1. The van der Waals surface area contributed by atoms with Gasteiger partial charge in [0.2, 0.25) is 0 Å². The zero-order valence-electron chi connectivity index (χ0n) is 10.5. The van der Waals surface area contributed by atoms with Gasteiger partial charge in [0.1, 0.15) is 6.20 Å². The third-order valence-corrected chi connectivity index (χ3v) is 5.03. The molecule has 2 aromatic rings. The highest BCUT2D eigenvalue weighted by Crippen LogP contribution is 2.19. The Hall–Kier alpha value is -1.73. The first-order valence-corrected chi connectivity index (χ1v) is 8.14. The lowest BCUT2D eigenvalue weighted by Gasteiger charge is -2.02. The summed E-state index contributed by atoms with van der Waals surface area (Å²) in [6.07, 6.45) is 1.23. The molecule has 104 valence electrons. The highest BCUT2D eigenvalue weighted by atomic mass is 32.2. The van der Waals surface area contributed by atoms with Crippen LogP contribution < -0.4 is 0 Å². The highest BCUT2D eigenvalue weighted by molar-refractivity contribution is 8.00. The zero-order valence-corrected chi connectivity index (χ0v) is 12.1. The summed E-state index contributed by atoms with van der Waals surface area (Å²) in [7, 11) is -1.03. The van der Waals surface area contributed by atoms with Crippen molar-refractivity contribution in [2.75, 3.05) is 11.5 Å². The first-order valence-electron chi connectivity index (χ1n) is 5.83. The number of nitrogens with zero attached hydrogens (tertiary/aromatic N) is 2. The van der Waals surface area contributed by atoms with E-state index in [0.29, 0.717) is 16.5 Å². The Morgan fingerprint density at radius 1 is 1.20 bits per heavy atom. The molecule has 0 amide bonds. The van der Waals surface area contributed by atoms with E-state index in [9.17, 15) is 14.3 Å². The molecular weight excluding hydrogens is 296 g/mol. The van der Waals surface area contributed by atoms with Crippen LogP contribution in [0.25, 0.3) is 0 Å². The van der Waals surface area contributed by atoms with Crippen LogP contribution in [0.5, 0.6) is 0 Å². The topological polar surface area (TPSA) is 73.1 Å². The summed E-state index contributed by atoms with van der Waals surface area (Å²) >= 11 is 1.44. The Balaban J connectivity index is 1.84. The molecule has 20 heavy (non-hydrogen) atoms. The lowest BCUT2D eigenvalue weighted by atomic mass is 10.4. The van der Waals surface area contributed by atoms with Crippen molar-refractivity contribution in [2.45, 2.75) is 9.92 Å². The summed E-state index contributed by atoms with van der Waals surface area (Å²) in [6, 6.07) is 12.3. The first-order chi connectivity index (χ1) is 9.66. The van der Waals surface area contributed by atoms with Crippen molar-refractivity contribution < 1.29 is 9.13 Å². The van der Waals surface area contributed by atoms with E-state index in [0.717, 1.165) is 4.90 Å². The van der Waals surface area contributed by atoms with Crippen LogP contribution in [-0.2, 0) is 10.8 Å². The van der Waals surface area contributed by atoms with Crippen LogP contribution in [0.4, 0.5) is 5.69 Å². The lowest BCUT2D eigenvalue weighted by molar-refractivity contribution is -0.385. The Bertz CT molecular complexity index is 603. The van der Waals surface area contributed by atoms with Crippen molar-refractivity contribution in [3.63, 3.8) is 0 Å². The minimum absolute atomic E-state index is 0.0257. The maximum Gasteiger partial charge on any atom is 0.287 e. The van der Waals surface area contributed by atoms with Crippen LogP contribution in [-0.4, -0.2) is 25.6 Å². The fourth-order valence-corrected chi connectivity index (χ4v) is 3.61. The van der Waals surface area contributed by atoms with Crippen molar-refractivity contribution in [3.8, 4) is 0 Å². The van der Waals surface area contributed by atoms with Gasteiger partial charge in [-0.05, 0) is 18.2 Å². The maximum absolute atomic E-state index is 12.0. The molecule has 2 rings (SSSR count). The molecule has 1 atom stereocenters. The third kappa shape index (κ3) is 4.14. The van der Waals surface area contributed by atoms with Gasteiger partial charge in [-0.1, -0.05) is 18.2 Å². The quantitative estimate of drug-likeness (QED) is 0.466. The summed E-state index contributed by atoms with van der Waals surface area (Å²) < 4.78 is 12.0. The molecule has 0 radical (unpaired) electrons. The second-order valence-electron chi connectivity index (χ2n) is 3.82. The number of benzene rings is 1. The van der Waals surface area contributed by atoms with E-state index in [1.807, 2.05) is 30.3 Å². The van der Waals surface area contributed by atoms with Gasteiger partial charge >= 0.3 is 0 Å². The second-order valence-corrected chi connectivity index (χ2v) is 6.51. The van der Waals surface area contributed by atoms with Gasteiger partial charge in [0.15, 0.2) is 0 Å². The van der Waals surface area contributed by atoms with E-state index in [1.165, 1.54) is 24.0 Å². The number of nitro groups is 1. The van der Waals surface area contributed by atoms with Crippen LogP contribution in [0.2, 0.25) is 0 Å². The monoisotopic (exact) mass is 308 g/mol. The predicted molar refractivity (Wildman–Crippen MR) is 79.3 cm³/mol. The minimum Gasteiger partial charge on any atom is -0.258 e. The zero-order chi connectivity index (χ0) is 14.4.